The van der Waals surface area contributed by atoms with Crippen LogP contribution in [0.5, 0.6) is 0 Å². The van der Waals surface area contributed by atoms with E-state index in [1.54, 1.807) is 18.7 Å². The number of ether oxygens (including phenoxy) is 1. The van der Waals surface area contributed by atoms with Crippen LogP contribution < -0.4 is 5.32 Å². The molecule has 144 valence electrons. The molecule has 0 spiro atoms. The molecule has 0 aliphatic rings. The number of rotatable bonds is 9. The van der Waals surface area contributed by atoms with Crippen LogP contribution in [0.4, 0.5) is 0 Å². The quantitative estimate of drug-likeness (QED) is 0.663. The average Bonchev–Trinajstić information content (AvgIpc) is 2.71. The summed E-state index contributed by atoms with van der Waals surface area (Å²) in [6.45, 7) is 3.70. The molecule has 5 heteroatoms. The van der Waals surface area contributed by atoms with Gasteiger partial charge in [0, 0.05) is 11.5 Å². The van der Waals surface area contributed by atoms with Crippen LogP contribution in [0.25, 0.3) is 0 Å². The Hall–Kier alpha value is -2.27. The van der Waals surface area contributed by atoms with E-state index in [0.29, 0.717) is 5.75 Å². The van der Waals surface area contributed by atoms with Crippen LogP contribution in [-0.4, -0.2) is 30.8 Å². The van der Waals surface area contributed by atoms with Crippen LogP contribution in [0, 0.1) is 5.92 Å². The van der Waals surface area contributed by atoms with Crippen LogP contribution in [0.15, 0.2) is 60.7 Å². The normalized spacial score (nSPS) is 14.0. The van der Waals surface area contributed by atoms with Gasteiger partial charge in [0.25, 0.3) is 0 Å². The van der Waals surface area contributed by atoms with Gasteiger partial charge < -0.3 is 10.1 Å². The summed E-state index contributed by atoms with van der Waals surface area (Å²) in [6.07, 6.45) is 0. The highest BCUT2D eigenvalue weighted by atomic mass is 32.2. The summed E-state index contributed by atoms with van der Waals surface area (Å²) >= 11 is 1.73. The highest BCUT2D eigenvalue weighted by molar-refractivity contribution is 7.98. The van der Waals surface area contributed by atoms with Crippen molar-refractivity contribution < 1.29 is 14.3 Å². The van der Waals surface area contributed by atoms with Gasteiger partial charge in [0.15, 0.2) is 0 Å². The maximum atomic E-state index is 12.9. The molecule has 0 fully saturated rings. The van der Waals surface area contributed by atoms with Crippen molar-refractivity contribution in [3.63, 3.8) is 0 Å². The SMILES string of the molecule is COC(=O)[C@H](C)NC(=O)[C@@H](CSCc1ccccc1)[C@H](C)c1ccccc1. The third kappa shape index (κ3) is 6.43. The zero-order valence-electron chi connectivity index (χ0n) is 16.1. The van der Waals surface area contributed by atoms with Crippen molar-refractivity contribution >= 4 is 23.6 Å². The molecular weight excluding hydrogens is 358 g/mol. The van der Waals surface area contributed by atoms with E-state index in [9.17, 15) is 9.59 Å². The van der Waals surface area contributed by atoms with Crippen LogP contribution in [0.3, 0.4) is 0 Å². The van der Waals surface area contributed by atoms with Crippen LogP contribution in [0.1, 0.15) is 30.9 Å². The van der Waals surface area contributed by atoms with E-state index in [-0.39, 0.29) is 17.7 Å². The van der Waals surface area contributed by atoms with E-state index in [1.165, 1.54) is 12.7 Å². The number of nitrogens with one attached hydrogen (secondary N) is 1. The lowest BCUT2D eigenvalue weighted by molar-refractivity contribution is -0.145. The number of hydrogen-bond acceptors (Lipinski definition) is 4. The van der Waals surface area contributed by atoms with Gasteiger partial charge in [0.05, 0.1) is 13.0 Å². The molecule has 4 nitrogen and oxygen atoms in total. The van der Waals surface area contributed by atoms with Crippen molar-refractivity contribution in [3.05, 3.63) is 71.8 Å². The number of carbonyl (C=O) groups is 2. The molecule has 2 aromatic carbocycles. The van der Waals surface area contributed by atoms with Crippen molar-refractivity contribution in [3.8, 4) is 0 Å². The van der Waals surface area contributed by atoms with Crippen LogP contribution >= 0.6 is 11.8 Å². The first kappa shape index (κ1) is 21.0. The number of esters is 1. The molecule has 27 heavy (non-hydrogen) atoms. The summed E-state index contributed by atoms with van der Waals surface area (Å²) in [7, 11) is 1.32. The van der Waals surface area contributed by atoms with Gasteiger partial charge in [-0.15, -0.1) is 0 Å². The zero-order chi connectivity index (χ0) is 19.6. The predicted molar refractivity (Wildman–Crippen MR) is 111 cm³/mol. The molecule has 0 bridgehead atoms. The van der Waals surface area contributed by atoms with Gasteiger partial charge in [-0.1, -0.05) is 67.6 Å². The van der Waals surface area contributed by atoms with Gasteiger partial charge in [0.1, 0.15) is 6.04 Å². The van der Waals surface area contributed by atoms with E-state index in [1.807, 2.05) is 48.5 Å². The first-order valence-electron chi connectivity index (χ1n) is 9.07. The number of amides is 1. The Morgan fingerprint density at radius 1 is 1.00 bits per heavy atom. The van der Waals surface area contributed by atoms with Crippen molar-refractivity contribution in [1.82, 2.24) is 5.32 Å². The predicted octanol–water partition coefficient (Wildman–Crippen LogP) is 4.02. The fourth-order valence-corrected chi connectivity index (χ4v) is 4.11. The third-order valence-electron chi connectivity index (χ3n) is 4.59. The molecule has 2 rings (SSSR count). The number of thioether (sulfide) groups is 1. The summed E-state index contributed by atoms with van der Waals surface area (Å²) < 4.78 is 4.72. The topological polar surface area (TPSA) is 55.4 Å². The van der Waals surface area contributed by atoms with Gasteiger partial charge in [-0.25, -0.2) is 4.79 Å². The molecule has 0 heterocycles. The van der Waals surface area contributed by atoms with Crippen LogP contribution in [-0.2, 0) is 20.1 Å². The van der Waals surface area contributed by atoms with Gasteiger partial charge in [-0.3, -0.25) is 4.79 Å². The lowest BCUT2D eigenvalue weighted by Crippen LogP contribution is -2.44. The smallest absolute Gasteiger partial charge is 0.328 e. The first-order chi connectivity index (χ1) is 13.0. The number of carbonyl (C=O) groups excluding carboxylic acids is 2. The minimum atomic E-state index is -0.660. The van der Waals surface area contributed by atoms with E-state index >= 15 is 0 Å². The monoisotopic (exact) mass is 385 g/mol. The minimum Gasteiger partial charge on any atom is -0.467 e. The highest BCUT2D eigenvalue weighted by Crippen LogP contribution is 2.29. The lowest BCUT2D eigenvalue weighted by atomic mass is 9.88. The molecule has 0 unspecified atom stereocenters. The molecule has 0 radical (unpaired) electrons. The van der Waals surface area contributed by atoms with E-state index in [4.69, 9.17) is 4.74 Å². The summed E-state index contributed by atoms with van der Waals surface area (Å²) in [5.74, 6) is 0.757. The van der Waals surface area contributed by atoms with Crippen molar-refractivity contribution in [2.75, 3.05) is 12.9 Å². The minimum absolute atomic E-state index is 0.0410. The fourth-order valence-electron chi connectivity index (χ4n) is 2.87. The van der Waals surface area contributed by atoms with Gasteiger partial charge in [-0.2, -0.15) is 11.8 Å². The molecule has 1 N–H and O–H groups in total. The van der Waals surface area contributed by atoms with E-state index in [2.05, 4.69) is 24.4 Å². The summed E-state index contributed by atoms with van der Waals surface area (Å²) in [4.78, 5) is 24.6. The lowest BCUT2D eigenvalue weighted by Gasteiger charge is -2.25. The van der Waals surface area contributed by atoms with Gasteiger partial charge in [-0.05, 0) is 24.0 Å². The molecule has 0 saturated heterocycles. The zero-order valence-corrected chi connectivity index (χ0v) is 16.9. The van der Waals surface area contributed by atoms with Gasteiger partial charge >= 0.3 is 5.97 Å². The molecule has 2 aromatic rings. The summed E-state index contributed by atoms with van der Waals surface area (Å²) in [5, 5.41) is 2.80. The second-order valence-corrected chi connectivity index (χ2v) is 7.59. The molecule has 0 aromatic heterocycles. The molecule has 3 atom stereocenters. The van der Waals surface area contributed by atoms with Crippen LogP contribution in [0.2, 0.25) is 0 Å². The Bertz CT molecular complexity index is 721. The summed E-state index contributed by atoms with van der Waals surface area (Å²) in [5.41, 5.74) is 2.35. The number of hydrogen-bond donors (Lipinski definition) is 1. The summed E-state index contributed by atoms with van der Waals surface area (Å²) in [6, 6.07) is 19.5. The molecule has 0 aliphatic heterocycles. The first-order valence-corrected chi connectivity index (χ1v) is 10.2. The largest absolute Gasteiger partial charge is 0.467 e. The third-order valence-corrected chi connectivity index (χ3v) is 5.72. The molecule has 0 saturated carbocycles. The molecule has 0 aliphatic carbocycles. The molecular formula is C22H27NO3S. The Kier molecular flexibility index (Phi) is 8.40. The highest BCUT2D eigenvalue weighted by Gasteiger charge is 2.28. The molecule has 1 amide bonds. The Morgan fingerprint density at radius 2 is 1.59 bits per heavy atom. The Balaban J connectivity index is 2.07. The van der Waals surface area contributed by atoms with E-state index in [0.717, 1.165) is 11.3 Å². The number of benzene rings is 2. The fraction of sp³-hybridized carbons (Fsp3) is 0.364. The maximum absolute atomic E-state index is 12.9. The van der Waals surface area contributed by atoms with Crippen molar-refractivity contribution in [2.45, 2.75) is 31.6 Å². The second-order valence-electron chi connectivity index (χ2n) is 6.56. The average molecular weight is 386 g/mol. The van der Waals surface area contributed by atoms with Crippen molar-refractivity contribution in [1.29, 1.82) is 0 Å². The standard InChI is InChI=1S/C22H27NO3S/c1-16(19-12-8-5-9-13-19)20(21(24)23-17(2)22(25)26-3)15-27-14-18-10-6-4-7-11-18/h4-13,16-17,20H,14-15H2,1-3H3,(H,23,24)/t16-,17+,20+/m1/s1. The Labute approximate surface area is 165 Å². The second kappa shape index (κ2) is 10.8. The van der Waals surface area contributed by atoms with Gasteiger partial charge in [0.2, 0.25) is 5.91 Å². The maximum Gasteiger partial charge on any atom is 0.328 e. The van der Waals surface area contributed by atoms with Crippen molar-refractivity contribution in [2.24, 2.45) is 5.92 Å². The number of methoxy groups -OCH3 is 1. The Morgan fingerprint density at radius 3 is 2.19 bits per heavy atom. The van der Waals surface area contributed by atoms with E-state index < -0.39 is 12.0 Å².